The third kappa shape index (κ3) is 2.76. The molecule has 0 spiro atoms. The lowest BCUT2D eigenvalue weighted by Crippen LogP contribution is -2.12. The summed E-state index contributed by atoms with van der Waals surface area (Å²) in [6, 6.07) is 6.96. The van der Waals surface area contributed by atoms with Crippen LogP contribution < -0.4 is 5.32 Å². The van der Waals surface area contributed by atoms with Crippen LogP contribution in [-0.2, 0) is 0 Å². The predicted octanol–water partition coefficient (Wildman–Crippen LogP) is 4.56. The van der Waals surface area contributed by atoms with Gasteiger partial charge < -0.3 is 9.73 Å². The van der Waals surface area contributed by atoms with E-state index >= 15 is 0 Å². The number of benzene rings is 1. The van der Waals surface area contributed by atoms with E-state index in [2.05, 4.69) is 21.2 Å². The standard InChI is InChI=1S/C13H11BrClNO2/c1-7-5-10(8(2)18-7)13(17)16-9-3-4-11(14)12(15)6-9/h3-6H,1-2H3,(H,16,17). The average Bonchev–Trinajstić information content (AvgIpc) is 2.63. The number of halogens is 2. The highest BCUT2D eigenvalue weighted by molar-refractivity contribution is 9.10. The Balaban J connectivity index is 2.21. The maximum absolute atomic E-state index is 12.0. The molecule has 0 saturated heterocycles. The number of anilines is 1. The first-order valence-corrected chi connectivity index (χ1v) is 6.48. The van der Waals surface area contributed by atoms with Crippen LogP contribution in [0, 0.1) is 13.8 Å². The molecule has 1 aromatic heterocycles. The van der Waals surface area contributed by atoms with Crippen LogP contribution >= 0.6 is 27.5 Å². The second kappa shape index (κ2) is 5.16. The van der Waals surface area contributed by atoms with Gasteiger partial charge in [-0.05, 0) is 54.0 Å². The summed E-state index contributed by atoms with van der Waals surface area (Å²) in [7, 11) is 0. The van der Waals surface area contributed by atoms with Crippen LogP contribution in [0.25, 0.3) is 0 Å². The third-order valence-electron chi connectivity index (χ3n) is 2.46. The largest absolute Gasteiger partial charge is 0.466 e. The van der Waals surface area contributed by atoms with E-state index in [0.29, 0.717) is 27.8 Å². The molecule has 3 nitrogen and oxygen atoms in total. The summed E-state index contributed by atoms with van der Waals surface area (Å²) in [4.78, 5) is 12.0. The van der Waals surface area contributed by atoms with E-state index in [-0.39, 0.29) is 5.91 Å². The van der Waals surface area contributed by atoms with Crippen LogP contribution in [0.15, 0.2) is 33.2 Å². The Bertz CT molecular complexity index is 607. The molecule has 18 heavy (non-hydrogen) atoms. The monoisotopic (exact) mass is 327 g/mol. The van der Waals surface area contributed by atoms with Gasteiger partial charge in [0.2, 0.25) is 0 Å². The first-order valence-electron chi connectivity index (χ1n) is 5.31. The maximum atomic E-state index is 12.0. The number of hydrogen-bond acceptors (Lipinski definition) is 2. The Labute approximate surface area is 118 Å². The molecule has 1 amide bonds. The summed E-state index contributed by atoms with van der Waals surface area (Å²) in [6.45, 7) is 3.57. The van der Waals surface area contributed by atoms with E-state index in [4.69, 9.17) is 16.0 Å². The van der Waals surface area contributed by atoms with Gasteiger partial charge >= 0.3 is 0 Å². The molecule has 0 aliphatic heterocycles. The van der Waals surface area contributed by atoms with Crippen molar-refractivity contribution in [3.8, 4) is 0 Å². The van der Waals surface area contributed by atoms with Gasteiger partial charge in [-0.15, -0.1) is 0 Å². The normalized spacial score (nSPS) is 10.4. The number of rotatable bonds is 2. The molecule has 0 aliphatic rings. The molecule has 2 aromatic rings. The summed E-state index contributed by atoms with van der Waals surface area (Å²) >= 11 is 9.26. The molecule has 94 valence electrons. The molecule has 1 heterocycles. The van der Waals surface area contributed by atoms with E-state index < -0.39 is 0 Å². The van der Waals surface area contributed by atoms with Gasteiger partial charge in [0, 0.05) is 10.2 Å². The predicted molar refractivity (Wildman–Crippen MR) is 75.3 cm³/mol. The quantitative estimate of drug-likeness (QED) is 0.877. The minimum Gasteiger partial charge on any atom is -0.466 e. The van der Waals surface area contributed by atoms with E-state index in [1.54, 1.807) is 38.1 Å². The van der Waals surface area contributed by atoms with Crippen LogP contribution in [0.4, 0.5) is 5.69 Å². The van der Waals surface area contributed by atoms with Gasteiger partial charge in [-0.2, -0.15) is 0 Å². The van der Waals surface area contributed by atoms with Crippen molar-refractivity contribution in [3.63, 3.8) is 0 Å². The van der Waals surface area contributed by atoms with E-state index in [9.17, 15) is 4.79 Å². The molecule has 0 bridgehead atoms. The Hall–Kier alpha value is -1.26. The summed E-state index contributed by atoms with van der Waals surface area (Å²) in [5.41, 5.74) is 1.18. The van der Waals surface area contributed by atoms with Gasteiger partial charge in [0.05, 0.1) is 10.6 Å². The lowest BCUT2D eigenvalue weighted by molar-refractivity contribution is 0.102. The van der Waals surface area contributed by atoms with Crippen molar-refractivity contribution in [2.24, 2.45) is 0 Å². The average molecular weight is 329 g/mol. The van der Waals surface area contributed by atoms with E-state index in [1.807, 2.05) is 0 Å². The van der Waals surface area contributed by atoms with Crippen LogP contribution in [-0.4, -0.2) is 5.91 Å². The van der Waals surface area contributed by atoms with Crippen LogP contribution in [0.3, 0.4) is 0 Å². The third-order valence-corrected chi connectivity index (χ3v) is 3.70. The summed E-state index contributed by atoms with van der Waals surface area (Å²) in [5.74, 6) is 1.11. The van der Waals surface area contributed by atoms with Crippen molar-refractivity contribution >= 4 is 39.1 Å². The zero-order chi connectivity index (χ0) is 13.3. The molecule has 1 aromatic carbocycles. The van der Waals surface area contributed by atoms with Crippen LogP contribution in [0.2, 0.25) is 5.02 Å². The van der Waals surface area contributed by atoms with Crippen molar-refractivity contribution < 1.29 is 9.21 Å². The molecular weight excluding hydrogens is 318 g/mol. The van der Waals surface area contributed by atoms with Gasteiger partial charge in [-0.25, -0.2) is 0 Å². The first kappa shape index (κ1) is 13.2. The number of carbonyl (C=O) groups is 1. The van der Waals surface area contributed by atoms with Gasteiger partial charge in [0.25, 0.3) is 5.91 Å². The summed E-state index contributed by atoms with van der Waals surface area (Å²) < 4.78 is 6.11. The Morgan fingerprint density at radius 1 is 1.33 bits per heavy atom. The van der Waals surface area contributed by atoms with Crippen molar-refractivity contribution in [1.82, 2.24) is 0 Å². The topological polar surface area (TPSA) is 42.2 Å². The van der Waals surface area contributed by atoms with Crippen LogP contribution in [0.1, 0.15) is 21.9 Å². The fraction of sp³-hybridized carbons (Fsp3) is 0.154. The molecule has 0 atom stereocenters. The van der Waals surface area contributed by atoms with E-state index in [0.717, 1.165) is 4.47 Å². The molecule has 5 heteroatoms. The second-order valence-electron chi connectivity index (χ2n) is 3.91. The molecular formula is C13H11BrClNO2. The molecule has 2 rings (SSSR count). The van der Waals surface area contributed by atoms with Gasteiger partial charge in [0.15, 0.2) is 0 Å². The molecule has 0 fully saturated rings. The Morgan fingerprint density at radius 3 is 2.61 bits per heavy atom. The van der Waals surface area contributed by atoms with Crippen molar-refractivity contribution in [3.05, 3.63) is 50.8 Å². The lowest BCUT2D eigenvalue weighted by Gasteiger charge is -2.05. The highest BCUT2D eigenvalue weighted by atomic mass is 79.9. The fourth-order valence-electron chi connectivity index (χ4n) is 1.63. The molecule has 0 aliphatic carbocycles. The number of hydrogen-bond donors (Lipinski definition) is 1. The smallest absolute Gasteiger partial charge is 0.259 e. The number of furan rings is 1. The highest BCUT2D eigenvalue weighted by Crippen LogP contribution is 2.26. The van der Waals surface area contributed by atoms with E-state index in [1.165, 1.54) is 0 Å². The number of carbonyl (C=O) groups excluding carboxylic acids is 1. The Morgan fingerprint density at radius 2 is 2.06 bits per heavy atom. The van der Waals surface area contributed by atoms with Crippen LogP contribution in [0.5, 0.6) is 0 Å². The first-order chi connectivity index (χ1) is 8.47. The molecule has 0 saturated carbocycles. The molecule has 1 N–H and O–H groups in total. The van der Waals surface area contributed by atoms with Crippen molar-refractivity contribution in [1.29, 1.82) is 0 Å². The fourth-order valence-corrected chi connectivity index (χ4v) is 2.06. The van der Waals surface area contributed by atoms with Gasteiger partial charge in [-0.1, -0.05) is 11.6 Å². The number of amides is 1. The number of aryl methyl sites for hydroxylation is 2. The van der Waals surface area contributed by atoms with Gasteiger partial charge in [0.1, 0.15) is 11.5 Å². The Kier molecular flexibility index (Phi) is 3.78. The summed E-state index contributed by atoms with van der Waals surface area (Å²) in [5, 5.41) is 3.33. The van der Waals surface area contributed by atoms with Gasteiger partial charge in [-0.3, -0.25) is 4.79 Å². The lowest BCUT2D eigenvalue weighted by atomic mass is 10.2. The zero-order valence-electron chi connectivity index (χ0n) is 9.88. The van der Waals surface area contributed by atoms with Crippen molar-refractivity contribution in [2.75, 3.05) is 5.32 Å². The highest BCUT2D eigenvalue weighted by Gasteiger charge is 2.13. The minimum absolute atomic E-state index is 0.206. The summed E-state index contributed by atoms with van der Waals surface area (Å²) in [6.07, 6.45) is 0. The molecule has 0 radical (unpaired) electrons. The molecule has 0 unspecified atom stereocenters. The number of nitrogens with one attached hydrogen (secondary N) is 1. The maximum Gasteiger partial charge on any atom is 0.259 e. The minimum atomic E-state index is -0.206. The SMILES string of the molecule is Cc1cc(C(=O)Nc2ccc(Br)c(Cl)c2)c(C)o1. The zero-order valence-corrected chi connectivity index (χ0v) is 12.2. The second-order valence-corrected chi connectivity index (χ2v) is 5.17. The van der Waals surface area contributed by atoms with Crippen molar-refractivity contribution in [2.45, 2.75) is 13.8 Å².